The Morgan fingerprint density at radius 1 is 0.953 bits per heavy atom. The van der Waals surface area contributed by atoms with E-state index in [4.69, 9.17) is 9.72 Å². The topological polar surface area (TPSA) is 56.2 Å². The van der Waals surface area contributed by atoms with Crippen molar-refractivity contribution in [3.05, 3.63) is 112 Å². The molecule has 0 spiro atoms. The normalized spacial score (nSPS) is 14.8. The first-order valence-corrected chi connectivity index (χ1v) is 15.9. The number of hydrogen-bond donors (Lipinski definition) is 1. The molecule has 5 aromatic rings. The fraction of sp³-hybridized carbons (Fsp3) is 0.368. The van der Waals surface area contributed by atoms with Gasteiger partial charge in [0.25, 0.3) is 0 Å². The summed E-state index contributed by atoms with van der Waals surface area (Å²) < 4.78 is 8.01. The maximum absolute atomic E-state index is 13.6. The quantitative estimate of drug-likeness (QED) is 0.184. The van der Waals surface area contributed by atoms with Gasteiger partial charge in [-0.1, -0.05) is 86.1 Å². The number of amides is 1. The Kier molecular flexibility index (Phi) is 8.90. The Hall–Kier alpha value is -3.96. The molecule has 2 aromatic heterocycles. The van der Waals surface area contributed by atoms with Gasteiger partial charge in [0.2, 0.25) is 5.91 Å². The molecule has 1 aliphatic rings. The van der Waals surface area contributed by atoms with Gasteiger partial charge in [-0.05, 0) is 79.3 Å². The summed E-state index contributed by atoms with van der Waals surface area (Å²) in [4.78, 5) is 18.8. The van der Waals surface area contributed by atoms with Crippen LogP contribution >= 0.6 is 0 Å². The average Bonchev–Trinajstić information content (AvgIpc) is 3.34. The lowest BCUT2D eigenvalue weighted by Gasteiger charge is -2.30. The van der Waals surface area contributed by atoms with E-state index >= 15 is 0 Å². The third-order valence-electron chi connectivity index (χ3n) is 9.27. The second kappa shape index (κ2) is 13.1. The van der Waals surface area contributed by atoms with Crippen LogP contribution in [0.2, 0.25) is 0 Å². The van der Waals surface area contributed by atoms with E-state index in [9.17, 15) is 4.79 Å². The van der Waals surface area contributed by atoms with Crippen molar-refractivity contribution < 1.29 is 9.53 Å². The van der Waals surface area contributed by atoms with E-state index in [0.717, 1.165) is 48.3 Å². The van der Waals surface area contributed by atoms with Crippen molar-refractivity contribution in [2.75, 3.05) is 13.2 Å². The molecule has 222 valence electrons. The molecule has 1 fully saturated rings. The lowest BCUT2D eigenvalue weighted by molar-refractivity contribution is -0.124. The van der Waals surface area contributed by atoms with Crippen molar-refractivity contribution in [3.8, 4) is 0 Å². The number of aryl methyl sites for hydroxylation is 2. The molecular weight excluding hydrogens is 530 g/mol. The molecule has 1 atom stereocenters. The zero-order valence-corrected chi connectivity index (χ0v) is 25.7. The molecule has 1 saturated heterocycles. The van der Waals surface area contributed by atoms with E-state index in [1.165, 1.54) is 45.8 Å². The number of nitrogens with zero attached hydrogens (tertiary/aromatic N) is 2. The molecule has 1 amide bonds. The fourth-order valence-electron chi connectivity index (χ4n) is 6.90. The van der Waals surface area contributed by atoms with Gasteiger partial charge in [-0.2, -0.15) is 0 Å². The summed E-state index contributed by atoms with van der Waals surface area (Å²) in [5, 5.41) is 5.77. The van der Waals surface area contributed by atoms with Crippen LogP contribution in [0.3, 0.4) is 0 Å². The zero-order chi connectivity index (χ0) is 29.8. The first-order chi connectivity index (χ1) is 21.0. The van der Waals surface area contributed by atoms with Crippen LogP contribution < -0.4 is 5.32 Å². The lowest BCUT2D eigenvalue weighted by Crippen LogP contribution is -2.35. The van der Waals surface area contributed by atoms with Crippen LogP contribution in [0.1, 0.15) is 72.0 Å². The molecule has 1 N–H and O–H groups in total. The van der Waals surface area contributed by atoms with Gasteiger partial charge in [0.15, 0.2) is 0 Å². The summed E-state index contributed by atoms with van der Waals surface area (Å²) in [5.74, 6) is 0.174. The van der Waals surface area contributed by atoms with Crippen LogP contribution in [0.25, 0.3) is 21.9 Å². The highest BCUT2D eigenvalue weighted by Gasteiger charge is 2.31. The van der Waals surface area contributed by atoms with Gasteiger partial charge in [-0.3, -0.25) is 4.79 Å². The minimum absolute atomic E-state index is 0.0972. The molecular formula is C38H43N3O2. The lowest BCUT2D eigenvalue weighted by atomic mass is 9.80. The summed E-state index contributed by atoms with van der Waals surface area (Å²) in [6, 6.07) is 27.5. The molecule has 5 heteroatoms. The predicted molar refractivity (Wildman–Crippen MR) is 175 cm³/mol. The van der Waals surface area contributed by atoms with E-state index in [1.807, 2.05) is 18.2 Å². The van der Waals surface area contributed by atoms with Crippen LogP contribution in [0.15, 0.2) is 78.9 Å². The standard InChI is InChI=1S/C38H43N3O2/c1-4-5-13-32-26(2)35-33-14-9-10-15-34(33)41(37(35)40-27(32)3)25-29-16-18-30(19-17-29)36(31-20-22-43-23-21-31)38(42)39-24-28-11-7-6-8-12-28/h6-12,14-19,31,36H,4-5,13,20-25H2,1-3H3,(H,39,42). The van der Waals surface area contributed by atoms with E-state index in [1.54, 1.807) is 0 Å². The van der Waals surface area contributed by atoms with Gasteiger partial charge >= 0.3 is 0 Å². The van der Waals surface area contributed by atoms with Crippen LogP contribution in [0.5, 0.6) is 0 Å². The van der Waals surface area contributed by atoms with E-state index in [2.05, 4.69) is 91.3 Å². The van der Waals surface area contributed by atoms with E-state index in [-0.39, 0.29) is 17.7 Å². The van der Waals surface area contributed by atoms with Crippen LogP contribution in [-0.4, -0.2) is 28.7 Å². The van der Waals surface area contributed by atoms with Gasteiger partial charge in [0.1, 0.15) is 5.65 Å². The van der Waals surface area contributed by atoms with Crippen molar-refractivity contribution in [2.45, 2.75) is 71.9 Å². The maximum Gasteiger partial charge on any atom is 0.228 e. The third kappa shape index (κ3) is 6.09. The van der Waals surface area contributed by atoms with Crippen LogP contribution in [0.4, 0.5) is 0 Å². The number of aromatic nitrogens is 2. The number of rotatable bonds is 10. The second-order valence-electron chi connectivity index (χ2n) is 12.1. The number of benzene rings is 3. The fourth-order valence-corrected chi connectivity index (χ4v) is 6.90. The number of fused-ring (bicyclic) bond motifs is 3. The second-order valence-corrected chi connectivity index (χ2v) is 12.1. The molecule has 0 bridgehead atoms. The van der Waals surface area contributed by atoms with Gasteiger partial charge < -0.3 is 14.6 Å². The Bertz CT molecular complexity index is 1700. The number of hydrogen-bond acceptors (Lipinski definition) is 3. The molecule has 0 saturated carbocycles. The number of nitrogens with one attached hydrogen (secondary N) is 1. The Labute approximate surface area is 255 Å². The Morgan fingerprint density at radius 3 is 2.42 bits per heavy atom. The number of ether oxygens (including phenoxy) is 1. The molecule has 5 nitrogen and oxygen atoms in total. The Balaban J connectivity index is 1.30. The van der Waals surface area contributed by atoms with E-state index in [0.29, 0.717) is 19.8 Å². The summed E-state index contributed by atoms with van der Waals surface area (Å²) in [5.41, 5.74) is 9.56. The SMILES string of the molecule is CCCCc1c(C)nc2c(c1C)c1ccccc1n2Cc1ccc(C(C(=O)NCc2ccccc2)C2CCOCC2)cc1. The van der Waals surface area contributed by atoms with Crippen molar-refractivity contribution in [2.24, 2.45) is 5.92 Å². The molecule has 1 aliphatic heterocycles. The van der Waals surface area contributed by atoms with Gasteiger partial charge in [0, 0.05) is 42.8 Å². The van der Waals surface area contributed by atoms with Crippen molar-refractivity contribution >= 4 is 27.8 Å². The van der Waals surface area contributed by atoms with Crippen molar-refractivity contribution in [1.29, 1.82) is 0 Å². The summed E-state index contributed by atoms with van der Waals surface area (Å²) >= 11 is 0. The largest absolute Gasteiger partial charge is 0.381 e. The number of pyridine rings is 1. The number of unbranched alkanes of at least 4 members (excludes halogenated alkanes) is 1. The minimum atomic E-state index is -0.191. The third-order valence-corrected chi connectivity index (χ3v) is 9.27. The molecule has 3 heterocycles. The maximum atomic E-state index is 13.6. The first-order valence-electron chi connectivity index (χ1n) is 15.9. The summed E-state index contributed by atoms with van der Waals surface area (Å²) in [6.07, 6.45) is 5.23. The van der Waals surface area contributed by atoms with Crippen LogP contribution in [-0.2, 0) is 29.0 Å². The highest BCUT2D eigenvalue weighted by Crippen LogP contribution is 2.35. The smallest absolute Gasteiger partial charge is 0.228 e. The number of carbonyl (C=O) groups excluding carboxylic acids is 1. The predicted octanol–water partition coefficient (Wildman–Crippen LogP) is 8.02. The molecule has 3 aromatic carbocycles. The van der Waals surface area contributed by atoms with Gasteiger partial charge in [-0.15, -0.1) is 0 Å². The minimum Gasteiger partial charge on any atom is -0.381 e. The van der Waals surface area contributed by atoms with Gasteiger partial charge in [-0.25, -0.2) is 4.98 Å². The van der Waals surface area contributed by atoms with E-state index < -0.39 is 0 Å². The van der Waals surface area contributed by atoms with Gasteiger partial charge in [0.05, 0.1) is 11.4 Å². The molecule has 0 aliphatic carbocycles. The highest BCUT2D eigenvalue weighted by molar-refractivity contribution is 6.08. The molecule has 1 unspecified atom stereocenters. The molecule has 43 heavy (non-hydrogen) atoms. The average molecular weight is 574 g/mol. The zero-order valence-electron chi connectivity index (χ0n) is 25.7. The highest BCUT2D eigenvalue weighted by atomic mass is 16.5. The Morgan fingerprint density at radius 2 is 1.67 bits per heavy atom. The summed E-state index contributed by atoms with van der Waals surface area (Å²) in [7, 11) is 0. The van der Waals surface area contributed by atoms with Crippen molar-refractivity contribution in [3.63, 3.8) is 0 Å². The summed E-state index contributed by atoms with van der Waals surface area (Å²) in [6.45, 7) is 9.37. The molecule has 0 radical (unpaired) electrons. The van der Waals surface area contributed by atoms with Crippen molar-refractivity contribution in [1.82, 2.24) is 14.9 Å². The molecule has 6 rings (SSSR count). The first kappa shape index (κ1) is 29.1. The van der Waals surface area contributed by atoms with Crippen LogP contribution in [0, 0.1) is 19.8 Å². The number of carbonyl (C=O) groups is 1. The number of para-hydroxylation sites is 1. The monoisotopic (exact) mass is 573 g/mol.